The molecule has 16 heavy (non-hydrogen) atoms. The lowest BCUT2D eigenvalue weighted by atomic mass is 10.6. The van der Waals surface area contributed by atoms with Crippen LogP contribution in [-0.2, 0) is 15.7 Å². The number of hydrogen-bond donors (Lipinski definition) is 6. The van der Waals surface area contributed by atoms with Crippen LogP contribution >= 0.6 is 15.2 Å². The Morgan fingerprint density at radius 3 is 2.00 bits per heavy atom. The van der Waals surface area contributed by atoms with Gasteiger partial charge in [-0.1, -0.05) is 0 Å². The van der Waals surface area contributed by atoms with Crippen LogP contribution in [0.2, 0.25) is 0 Å². The van der Waals surface area contributed by atoms with Crippen molar-refractivity contribution in [2.24, 2.45) is 0 Å². The summed E-state index contributed by atoms with van der Waals surface area (Å²) in [5.74, 6) is 0. The minimum Gasteiger partial charge on any atom is -0.363 e. The Morgan fingerprint density at radius 1 is 1.19 bits per heavy atom. The maximum absolute atomic E-state index is 11.0. The van der Waals surface area contributed by atoms with E-state index in [1.807, 2.05) is 0 Å². The van der Waals surface area contributed by atoms with E-state index in [1.165, 1.54) is 18.5 Å². The summed E-state index contributed by atoms with van der Waals surface area (Å²) in [5.41, 5.74) is 0. The van der Waals surface area contributed by atoms with Crippen LogP contribution in [0.4, 0.5) is 0 Å². The first-order valence-corrected chi connectivity index (χ1v) is 7.17. The number of H-pyrrole nitrogens is 1. The van der Waals surface area contributed by atoms with E-state index < -0.39 is 26.8 Å². The summed E-state index contributed by atoms with van der Waals surface area (Å²) in [5, 5.41) is 8.46. The number of aliphatic hydroxyl groups is 1. The highest BCUT2D eigenvalue weighted by atomic mass is 31.2. The van der Waals surface area contributed by atoms with Gasteiger partial charge in [0.25, 0.3) is 0 Å². The minimum absolute atomic E-state index is 0.943. The molecule has 0 aliphatic rings. The third-order valence-corrected chi connectivity index (χ3v) is 5.63. The molecular weight excluding hydrogens is 262 g/mol. The van der Waals surface area contributed by atoms with Gasteiger partial charge in [0.05, 0.1) is 6.20 Å². The van der Waals surface area contributed by atoms with E-state index >= 15 is 0 Å². The Hall–Kier alpha value is -0.530. The quantitative estimate of drug-likeness (QED) is 0.282. The van der Waals surface area contributed by atoms with Crippen LogP contribution in [0.15, 0.2) is 18.5 Å². The van der Waals surface area contributed by atoms with Crippen LogP contribution in [0.5, 0.6) is 0 Å². The lowest BCUT2D eigenvalue weighted by Gasteiger charge is -2.25. The molecule has 1 aromatic heterocycles. The molecule has 0 fully saturated rings. The highest BCUT2D eigenvalue weighted by molar-refractivity contribution is 7.72. The molecule has 1 rings (SSSR count). The SMILES string of the molecule is O=P(O)(O)C(O)(C[n+]1ccc[nH]1)P(=O)(O)O. The van der Waals surface area contributed by atoms with E-state index in [9.17, 15) is 14.2 Å². The Kier molecular flexibility index (Phi) is 3.42. The van der Waals surface area contributed by atoms with E-state index in [4.69, 9.17) is 19.6 Å². The molecule has 92 valence electrons. The molecule has 0 amide bonds. The maximum atomic E-state index is 11.0. The second kappa shape index (κ2) is 4.05. The number of aromatic amines is 1. The molecule has 6 N–H and O–H groups in total. The predicted octanol–water partition coefficient (Wildman–Crippen LogP) is -1.70. The second-order valence-electron chi connectivity index (χ2n) is 3.13. The normalized spacial score (nSPS) is 14.1. The van der Waals surface area contributed by atoms with Crippen LogP contribution in [-0.4, -0.2) is 34.9 Å². The Balaban J connectivity index is 3.18. The van der Waals surface area contributed by atoms with Gasteiger partial charge in [0.1, 0.15) is 0 Å². The molecule has 0 radical (unpaired) electrons. The van der Waals surface area contributed by atoms with E-state index in [-0.39, 0.29) is 0 Å². The van der Waals surface area contributed by atoms with E-state index in [0.717, 1.165) is 4.68 Å². The van der Waals surface area contributed by atoms with Gasteiger partial charge in [-0.25, -0.2) is 0 Å². The van der Waals surface area contributed by atoms with Crippen molar-refractivity contribution in [3.05, 3.63) is 18.5 Å². The molecule has 0 saturated carbocycles. The average Bonchev–Trinajstić information content (AvgIpc) is 2.52. The summed E-state index contributed by atoms with van der Waals surface area (Å²) in [6.07, 6.45) is 2.62. The smallest absolute Gasteiger partial charge is 0.363 e. The van der Waals surface area contributed by atoms with Crippen molar-refractivity contribution in [3.8, 4) is 0 Å². The van der Waals surface area contributed by atoms with Gasteiger partial charge in [0.15, 0.2) is 6.20 Å². The topological polar surface area (TPSA) is 155 Å². The molecule has 1 aromatic rings. The van der Waals surface area contributed by atoms with Crippen LogP contribution in [0.25, 0.3) is 0 Å². The summed E-state index contributed by atoms with van der Waals surface area (Å²) >= 11 is 0. The summed E-state index contributed by atoms with van der Waals surface area (Å²) < 4.78 is 22.8. The fourth-order valence-electron chi connectivity index (χ4n) is 1.01. The molecular formula is C5H11N2O7P2+. The van der Waals surface area contributed by atoms with Gasteiger partial charge >= 0.3 is 20.3 Å². The molecule has 0 aromatic carbocycles. The van der Waals surface area contributed by atoms with Gasteiger partial charge in [-0.15, -0.1) is 4.68 Å². The lowest BCUT2D eigenvalue weighted by molar-refractivity contribution is -0.755. The van der Waals surface area contributed by atoms with Crippen molar-refractivity contribution in [1.29, 1.82) is 0 Å². The standard InChI is InChI=1S/C5H10N2O7P2/c8-5(15(9,10)11,16(12,13)14)4-7-3-1-2-6-7/h1-3,8H,4H2,(H4,9,10,11,12,13,14)/p+1. The third-order valence-electron chi connectivity index (χ3n) is 1.92. The van der Waals surface area contributed by atoms with Gasteiger partial charge < -0.3 is 24.7 Å². The fourth-order valence-corrected chi connectivity index (χ4v) is 3.04. The average molecular weight is 273 g/mol. The lowest BCUT2D eigenvalue weighted by Crippen LogP contribution is -2.48. The molecule has 0 unspecified atom stereocenters. The zero-order valence-corrected chi connectivity index (χ0v) is 9.62. The van der Waals surface area contributed by atoms with Crippen molar-refractivity contribution < 1.29 is 38.5 Å². The number of rotatable bonds is 4. The minimum atomic E-state index is -5.40. The molecule has 0 saturated heterocycles. The molecule has 0 aliphatic carbocycles. The van der Waals surface area contributed by atoms with E-state index in [1.54, 1.807) is 0 Å². The number of hydrogen-bond acceptors (Lipinski definition) is 3. The maximum Gasteiger partial charge on any atom is 0.376 e. The van der Waals surface area contributed by atoms with Gasteiger partial charge in [-0.05, 0) is 0 Å². The molecule has 1 heterocycles. The highest BCUT2D eigenvalue weighted by Crippen LogP contribution is 2.67. The Labute approximate surface area is 89.7 Å². The zero-order chi connectivity index (χ0) is 12.6. The summed E-state index contributed by atoms with van der Waals surface area (Å²) in [7, 11) is -10.8. The monoisotopic (exact) mass is 273 g/mol. The van der Waals surface area contributed by atoms with Crippen LogP contribution in [0.1, 0.15) is 0 Å². The molecule has 9 nitrogen and oxygen atoms in total. The van der Waals surface area contributed by atoms with Gasteiger partial charge in [-0.2, -0.15) is 5.10 Å². The van der Waals surface area contributed by atoms with Gasteiger partial charge in [0.2, 0.25) is 6.54 Å². The molecule has 0 atom stereocenters. The van der Waals surface area contributed by atoms with E-state index in [2.05, 4.69) is 5.10 Å². The number of nitrogens with zero attached hydrogens (tertiary/aromatic N) is 1. The van der Waals surface area contributed by atoms with Gasteiger partial charge in [0, 0.05) is 6.07 Å². The molecule has 0 aliphatic heterocycles. The first kappa shape index (κ1) is 13.5. The number of nitrogens with one attached hydrogen (secondary N) is 1. The largest absolute Gasteiger partial charge is 0.376 e. The van der Waals surface area contributed by atoms with Crippen molar-refractivity contribution in [2.45, 2.75) is 11.6 Å². The summed E-state index contributed by atoms with van der Waals surface area (Å²) in [4.78, 5) is 35.3. The van der Waals surface area contributed by atoms with Crippen molar-refractivity contribution >= 4 is 15.2 Å². The Bertz CT molecular complexity index is 423. The highest BCUT2D eigenvalue weighted by Gasteiger charge is 2.63. The zero-order valence-electron chi connectivity index (χ0n) is 7.83. The predicted molar refractivity (Wildman–Crippen MR) is 50.0 cm³/mol. The second-order valence-corrected chi connectivity index (χ2v) is 7.14. The first-order valence-electron chi connectivity index (χ1n) is 3.94. The van der Waals surface area contributed by atoms with E-state index in [0.29, 0.717) is 0 Å². The van der Waals surface area contributed by atoms with Crippen LogP contribution < -0.4 is 4.68 Å². The van der Waals surface area contributed by atoms with Crippen molar-refractivity contribution in [2.75, 3.05) is 0 Å². The third kappa shape index (κ3) is 2.41. The summed E-state index contributed by atoms with van der Waals surface area (Å²) in [6, 6.07) is 1.43. The molecule has 0 bridgehead atoms. The number of aromatic nitrogens is 2. The van der Waals surface area contributed by atoms with Crippen molar-refractivity contribution in [1.82, 2.24) is 5.10 Å². The fraction of sp³-hybridized carbons (Fsp3) is 0.400. The summed E-state index contributed by atoms with van der Waals surface area (Å²) in [6.45, 7) is -0.950. The first-order chi connectivity index (χ1) is 7.08. The van der Waals surface area contributed by atoms with Crippen molar-refractivity contribution in [3.63, 3.8) is 0 Å². The van der Waals surface area contributed by atoms with Crippen LogP contribution in [0.3, 0.4) is 0 Å². The van der Waals surface area contributed by atoms with Gasteiger partial charge in [-0.3, -0.25) is 9.13 Å². The Morgan fingerprint density at radius 2 is 1.69 bits per heavy atom. The molecule has 11 heteroatoms. The molecule has 0 spiro atoms. The van der Waals surface area contributed by atoms with Crippen LogP contribution in [0, 0.1) is 0 Å².